The van der Waals surface area contributed by atoms with Crippen LogP contribution in [0.3, 0.4) is 0 Å². The highest BCUT2D eigenvalue weighted by atomic mass is 16.5. The van der Waals surface area contributed by atoms with E-state index in [0.717, 1.165) is 17.1 Å². The summed E-state index contributed by atoms with van der Waals surface area (Å²) in [6, 6.07) is 11.5. The number of aliphatic hydroxyl groups is 1. The van der Waals surface area contributed by atoms with Gasteiger partial charge in [0, 0.05) is 19.2 Å². The Bertz CT molecular complexity index is 494. The first-order valence-corrected chi connectivity index (χ1v) is 6.00. The fraction of sp³-hybridized carbons (Fsp3) is 0.357. The van der Waals surface area contributed by atoms with Gasteiger partial charge >= 0.3 is 0 Å². The third kappa shape index (κ3) is 3.34. The second-order valence-electron chi connectivity index (χ2n) is 4.38. The molecule has 0 saturated heterocycles. The number of aliphatic hydroxyl groups excluding tert-OH is 1. The Balaban J connectivity index is 1.86. The van der Waals surface area contributed by atoms with Gasteiger partial charge in [-0.15, -0.1) is 0 Å². The molecule has 1 N–H and O–H groups in total. The molecule has 0 radical (unpaired) electrons. The molecule has 1 heterocycles. The summed E-state index contributed by atoms with van der Waals surface area (Å²) in [6.07, 6.45) is 0.0180. The highest BCUT2D eigenvalue weighted by Crippen LogP contribution is 2.10. The number of rotatable bonds is 5. The largest absolute Gasteiger partial charge is 0.491 e. The van der Waals surface area contributed by atoms with Crippen LogP contribution in [0.25, 0.3) is 0 Å². The van der Waals surface area contributed by atoms with Gasteiger partial charge in [0.15, 0.2) is 0 Å². The Hall–Kier alpha value is -1.81. The molecular formula is C14H18N2O2. The van der Waals surface area contributed by atoms with E-state index in [0.29, 0.717) is 6.42 Å². The number of nitrogens with zero attached hydrogens (tertiary/aromatic N) is 2. The number of aryl methyl sites for hydroxylation is 2. The topological polar surface area (TPSA) is 47.3 Å². The molecule has 4 heteroatoms. The summed E-state index contributed by atoms with van der Waals surface area (Å²) in [6.45, 7) is 2.23. The van der Waals surface area contributed by atoms with E-state index in [4.69, 9.17) is 4.74 Å². The fourth-order valence-corrected chi connectivity index (χ4v) is 1.86. The molecule has 1 aromatic carbocycles. The van der Waals surface area contributed by atoms with E-state index in [1.165, 1.54) is 0 Å². The minimum Gasteiger partial charge on any atom is -0.491 e. The lowest BCUT2D eigenvalue weighted by Crippen LogP contribution is -2.21. The van der Waals surface area contributed by atoms with Gasteiger partial charge in [-0.05, 0) is 25.1 Å². The van der Waals surface area contributed by atoms with Crippen LogP contribution in [0.15, 0.2) is 36.4 Å². The highest BCUT2D eigenvalue weighted by molar-refractivity contribution is 5.21. The summed E-state index contributed by atoms with van der Waals surface area (Å²) in [5.74, 6) is 0.776. The first kappa shape index (κ1) is 12.6. The maximum Gasteiger partial charge on any atom is 0.119 e. The molecule has 2 aromatic rings. The van der Waals surface area contributed by atoms with Crippen LogP contribution < -0.4 is 4.74 Å². The van der Waals surface area contributed by atoms with Crippen LogP contribution in [0, 0.1) is 6.92 Å². The summed E-state index contributed by atoms with van der Waals surface area (Å²) in [4.78, 5) is 0. The van der Waals surface area contributed by atoms with Gasteiger partial charge in [-0.25, -0.2) is 0 Å². The number of hydrogen-bond donors (Lipinski definition) is 1. The van der Waals surface area contributed by atoms with Gasteiger partial charge < -0.3 is 9.84 Å². The number of aromatic nitrogens is 2. The van der Waals surface area contributed by atoms with Gasteiger partial charge in [0.1, 0.15) is 12.4 Å². The van der Waals surface area contributed by atoms with E-state index in [-0.39, 0.29) is 6.61 Å². The van der Waals surface area contributed by atoms with Crippen molar-refractivity contribution in [3.63, 3.8) is 0 Å². The van der Waals surface area contributed by atoms with Crippen molar-refractivity contribution in [2.24, 2.45) is 7.05 Å². The maximum atomic E-state index is 9.93. The van der Waals surface area contributed by atoms with Crippen LogP contribution in [0.2, 0.25) is 0 Å². The van der Waals surface area contributed by atoms with Crippen LogP contribution >= 0.6 is 0 Å². The molecule has 0 aliphatic heterocycles. The second-order valence-corrected chi connectivity index (χ2v) is 4.38. The van der Waals surface area contributed by atoms with Crippen molar-refractivity contribution in [3.05, 3.63) is 47.8 Å². The number of hydrogen-bond acceptors (Lipinski definition) is 3. The summed E-state index contributed by atoms with van der Waals surface area (Å²) < 4.78 is 7.30. The Morgan fingerprint density at radius 3 is 2.67 bits per heavy atom. The molecule has 0 saturated carbocycles. The van der Waals surface area contributed by atoms with Gasteiger partial charge in [0.05, 0.1) is 11.8 Å². The van der Waals surface area contributed by atoms with E-state index in [9.17, 15) is 5.11 Å². The zero-order valence-electron chi connectivity index (χ0n) is 10.7. The quantitative estimate of drug-likeness (QED) is 0.873. The Morgan fingerprint density at radius 2 is 2.06 bits per heavy atom. The molecule has 0 fully saturated rings. The number of ether oxygens (including phenoxy) is 1. The summed E-state index contributed by atoms with van der Waals surface area (Å²) in [5.41, 5.74) is 1.97. The minimum atomic E-state index is -0.528. The van der Waals surface area contributed by atoms with Crippen LogP contribution in [-0.4, -0.2) is 27.6 Å². The van der Waals surface area contributed by atoms with Gasteiger partial charge in [0.25, 0.3) is 0 Å². The van der Waals surface area contributed by atoms with Crippen molar-refractivity contribution in [2.45, 2.75) is 19.4 Å². The molecule has 18 heavy (non-hydrogen) atoms. The van der Waals surface area contributed by atoms with Crippen molar-refractivity contribution in [2.75, 3.05) is 6.61 Å². The lowest BCUT2D eigenvalue weighted by atomic mass is 10.2. The monoisotopic (exact) mass is 246 g/mol. The third-order valence-corrected chi connectivity index (χ3v) is 2.73. The predicted molar refractivity (Wildman–Crippen MR) is 69.6 cm³/mol. The van der Waals surface area contributed by atoms with Crippen LogP contribution in [0.1, 0.15) is 11.4 Å². The predicted octanol–water partition coefficient (Wildman–Crippen LogP) is 1.71. The van der Waals surface area contributed by atoms with E-state index in [1.54, 1.807) is 4.68 Å². The van der Waals surface area contributed by atoms with Crippen LogP contribution in [0.4, 0.5) is 0 Å². The van der Waals surface area contributed by atoms with Crippen molar-refractivity contribution >= 4 is 0 Å². The van der Waals surface area contributed by atoms with E-state index < -0.39 is 6.10 Å². The van der Waals surface area contributed by atoms with E-state index in [1.807, 2.05) is 50.4 Å². The van der Waals surface area contributed by atoms with Gasteiger partial charge in [0.2, 0.25) is 0 Å². The van der Waals surface area contributed by atoms with Gasteiger partial charge in [-0.3, -0.25) is 4.68 Å². The lowest BCUT2D eigenvalue weighted by Gasteiger charge is -2.12. The van der Waals surface area contributed by atoms with Crippen molar-refractivity contribution < 1.29 is 9.84 Å². The zero-order chi connectivity index (χ0) is 13.0. The maximum absolute atomic E-state index is 9.93. The molecule has 96 valence electrons. The molecule has 0 aliphatic rings. The Kier molecular flexibility index (Phi) is 3.99. The standard InChI is InChI=1S/C14H18N2O2/c1-11-8-12(16(2)15-11)9-13(17)10-18-14-6-4-3-5-7-14/h3-8,13,17H,9-10H2,1-2H3. The highest BCUT2D eigenvalue weighted by Gasteiger charge is 2.10. The van der Waals surface area contributed by atoms with Gasteiger partial charge in [-0.2, -0.15) is 5.10 Å². The SMILES string of the molecule is Cc1cc(CC(O)COc2ccccc2)n(C)n1. The van der Waals surface area contributed by atoms with Crippen LogP contribution in [-0.2, 0) is 13.5 Å². The molecule has 0 amide bonds. The minimum absolute atomic E-state index is 0.286. The van der Waals surface area contributed by atoms with Crippen molar-refractivity contribution in [1.82, 2.24) is 9.78 Å². The second kappa shape index (κ2) is 5.69. The molecule has 2 rings (SSSR count). The van der Waals surface area contributed by atoms with Crippen LogP contribution in [0.5, 0.6) is 5.75 Å². The average Bonchev–Trinajstić information content (AvgIpc) is 2.67. The van der Waals surface area contributed by atoms with E-state index in [2.05, 4.69) is 5.10 Å². The average molecular weight is 246 g/mol. The number of para-hydroxylation sites is 1. The Labute approximate surface area is 107 Å². The summed E-state index contributed by atoms with van der Waals surface area (Å²) in [5, 5.41) is 14.2. The van der Waals surface area contributed by atoms with Crippen molar-refractivity contribution in [1.29, 1.82) is 0 Å². The Morgan fingerprint density at radius 1 is 1.33 bits per heavy atom. The molecule has 0 spiro atoms. The summed E-state index contributed by atoms with van der Waals surface area (Å²) in [7, 11) is 1.88. The fourth-order valence-electron chi connectivity index (χ4n) is 1.86. The molecular weight excluding hydrogens is 228 g/mol. The first-order chi connectivity index (χ1) is 8.65. The molecule has 0 bridgehead atoms. The van der Waals surface area contributed by atoms with E-state index >= 15 is 0 Å². The third-order valence-electron chi connectivity index (χ3n) is 2.73. The zero-order valence-corrected chi connectivity index (χ0v) is 10.7. The molecule has 1 aromatic heterocycles. The number of benzene rings is 1. The molecule has 0 aliphatic carbocycles. The molecule has 1 atom stereocenters. The molecule has 4 nitrogen and oxygen atoms in total. The summed E-state index contributed by atoms with van der Waals surface area (Å²) >= 11 is 0. The normalized spacial score (nSPS) is 12.4. The lowest BCUT2D eigenvalue weighted by molar-refractivity contribution is 0.106. The molecule has 1 unspecified atom stereocenters. The first-order valence-electron chi connectivity index (χ1n) is 6.00. The van der Waals surface area contributed by atoms with Crippen molar-refractivity contribution in [3.8, 4) is 5.75 Å². The smallest absolute Gasteiger partial charge is 0.119 e. The van der Waals surface area contributed by atoms with Gasteiger partial charge in [-0.1, -0.05) is 18.2 Å².